The van der Waals surface area contributed by atoms with E-state index < -0.39 is 17.8 Å². The average molecular weight is 300 g/mol. The van der Waals surface area contributed by atoms with Crippen LogP contribution in [0.15, 0.2) is 18.2 Å². The van der Waals surface area contributed by atoms with Crippen LogP contribution in [0.1, 0.15) is 42.4 Å². The largest absolute Gasteiger partial charge is 0.334 e. The zero-order chi connectivity index (χ0) is 15.9. The van der Waals surface area contributed by atoms with E-state index in [4.69, 9.17) is 0 Å². The van der Waals surface area contributed by atoms with Gasteiger partial charge in [-0.2, -0.15) is 0 Å². The number of amides is 4. The Balaban J connectivity index is 1.83. The molecule has 22 heavy (non-hydrogen) atoms. The monoisotopic (exact) mass is 300 g/mol. The van der Waals surface area contributed by atoms with E-state index in [0.717, 1.165) is 47.3 Å². The van der Waals surface area contributed by atoms with Gasteiger partial charge in [-0.15, -0.1) is 0 Å². The van der Waals surface area contributed by atoms with E-state index in [1.165, 1.54) is 4.90 Å². The van der Waals surface area contributed by atoms with Crippen molar-refractivity contribution in [3.8, 4) is 0 Å². The molecule has 2 aliphatic rings. The Kier molecular flexibility index (Phi) is 3.72. The van der Waals surface area contributed by atoms with E-state index in [1.807, 2.05) is 32.0 Å². The Morgan fingerprint density at radius 2 is 1.55 bits per heavy atom. The quantitative estimate of drug-likeness (QED) is 0.636. The predicted octanol–water partition coefficient (Wildman–Crippen LogP) is 2.54. The molecule has 1 aliphatic heterocycles. The van der Waals surface area contributed by atoms with Crippen LogP contribution in [0.5, 0.6) is 0 Å². The number of hydrogen-bond donors (Lipinski definition) is 0. The van der Waals surface area contributed by atoms with Crippen molar-refractivity contribution in [1.29, 1.82) is 0 Å². The van der Waals surface area contributed by atoms with Crippen LogP contribution in [0.25, 0.3) is 0 Å². The van der Waals surface area contributed by atoms with Crippen LogP contribution in [0, 0.1) is 13.8 Å². The maximum Gasteiger partial charge on any atom is 0.334 e. The number of aryl methyl sites for hydroxylation is 2. The molecule has 1 aromatic carbocycles. The maximum absolute atomic E-state index is 12.5. The molecule has 0 atom stereocenters. The molecular weight excluding hydrogens is 280 g/mol. The van der Waals surface area contributed by atoms with Crippen molar-refractivity contribution in [1.82, 2.24) is 9.80 Å². The first kappa shape index (κ1) is 14.8. The molecule has 1 saturated carbocycles. The number of carbonyl (C=O) groups is 3. The van der Waals surface area contributed by atoms with Crippen molar-refractivity contribution in [2.24, 2.45) is 0 Å². The molecular formula is C17H20N2O3. The third-order valence-electron chi connectivity index (χ3n) is 4.40. The molecule has 1 saturated heterocycles. The molecule has 5 heteroatoms. The number of imide groups is 2. The number of urea groups is 1. The van der Waals surface area contributed by atoms with Gasteiger partial charge in [-0.3, -0.25) is 19.4 Å². The lowest BCUT2D eigenvalue weighted by Gasteiger charge is -2.21. The fourth-order valence-electron chi connectivity index (χ4n) is 3.49. The number of nitrogens with zero attached hydrogens (tertiary/aromatic N) is 2. The lowest BCUT2D eigenvalue weighted by Crippen LogP contribution is -2.39. The van der Waals surface area contributed by atoms with Gasteiger partial charge in [-0.1, -0.05) is 42.2 Å². The second-order valence-corrected chi connectivity index (χ2v) is 6.28. The van der Waals surface area contributed by atoms with Crippen molar-refractivity contribution < 1.29 is 14.4 Å². The number of rotatable bonds is 3. The van der Waals surface area contributed by atoms with Gasteiger partial charge in [0.25, 0.3) is 0 Å². The summed E-state index contributed by atoms with van der Waals surface area (Å²) in [4.78, 5) is 39.1. The lowest BCUT2D eigenvalue weighted by molar-refractivity contribution is -0.144. The second-order valence-electron chi connectivity index (χ2n) is 6.28. The minimum absolute atomic E-state index is 0.104. The van der Waals surface area contributed by atoms with Gasteiger partial charge in [0.15, 0.2) is 0 Å². The second kappa shape index (κ2) is 5.55. The van der Waals surface area contributed by atoms with E-state index in [1.54, 1.807) is 0 Å². The summed E-state index contributed by atoms with van der Waals surface area (Å²) in [5.41, 5.74) is 3.03. The molecule has 0 bridgehead atoms. The van der Waals surface area contributed by atoms with Crippen LogP contribution in [-0.4, -0.2) is 33.7 Å². The molecule has 0 spiro atoms. The highest BCUT2D eigenvalue weighted by molar-refractivity contribution is 6.44. The van der Waals surface area contributed by atoms with Crippen LogP contribution in [0.4, 0.5) is 4.79 Å². The van der Waals surface area contributed by atoms with Gasteiger partial charge >= 0.3 is 17.8 Å². The van der Waals surface area contributed by atoms with E-state index in [2.05, 4.69) is 0 Å². The van der Waals surface area contributed by atoms with E-state index in [0.29, 0.717) is 0 Å². The van der Waals surface area contributed by atoms with E-state index in [-0.39, 0.29) is 12.6 Å². The van der Waals surface area contributed by atoms with Gasteiger partial charge in [0.05, 0.1) is 6.54 Å². The molecule has 0 aromatic heterocycles. The molecule has 1 heterocycles. The Morgan fingerprint density at radius 1 is 0.955 bits per heavy atom. The van der Waals surface area contributed by atoms with E-state index >= 15 is 0 Å². The first-order valence-corrected chi connectivity index (χ1v) is 7.73. The van der Waals surface area contributed by atoms with Gasteiger partial charge in [0.2, 0.25) is 0 Å². The number of hydrogen-bond acceptors (Lipinski definition) is 3. The van der Waals surface area contributed by atoms with E-state index in [9.17, 15) is 14.4 Å². The third kappa shape index (κ3) is 2.51. The van der Waals surface area contributed by atoms with Gasteiger partial charge in [0, 0.05) is 6.04 Å². The predicted molar refractivity (Wildman–Crippen MR) is 81.0 cm³/mol. The molecule has 0 unspecified atom stereocenters. The van der Waals surface area contributed by atoms with Crippen LogP contribution in [0.2, 0.25) is 0 Å². The fourth-order valence-corrected chi connectivity index (χ4v) is 3.49. The smallest absolute Gasteiger partial charge is 0.263 e. The Hall–Kier alpha value is -2.17. The average Bonchev–Trinajstić information content (AvgIpc) is 3.02. The third-order valence-corrected chi connectivity index (χ3v) is 4.40. The molecule has 0 N–H and O–H groups in total. The number of benzene rings is 1. The molecule has 1 aliphatic carbocycles. The SMILES string of the molecule is Cc1cc(C)cc(CN2C(=O)C(=O)N(C3CCCC3)C2=O)c1. The summed E-state index contributed by atoms with van der Waals surface area (Å²) in [6, 6.07) is 5.36. The maximum atomic E-state index is 12.5. The van der Waals surface area contributed by atoms with Gasteiger partial charge in [0.1, 0.15) is 0 Å². The summed E-state index contributed by atoms with van der Waals surface area (Å²) in [5.74, 6) is -1.36. The van der Waals surface area contributed by atoms with Gasteiger partial charge in [-0.05, 0) is 32.3 Å². The summed E-state index contributed by atoms with van der Waals surface area (Å²) in [6.07, 6.45) is 3.63. The summed E-state index contributed by atoms with van der Waals surface area (Å²) in [7, 11) is 0. The fraction of sp³-hybridized carbons (Fsp3) is 0.471. The minimum atomic E-state index is -0.698. The van der Waals surface area contributed by atoms with Crippen molar-refractivity contribution in [2.45, 2.75) is 52.1 Å². The van der Waals surface area contributed by atoms with Crippen LogP contribution >= 0.6 is 0 Å². The van der Waals surface area contributed by atoms with Gasteiger partial charge in [-0.25, -0.2) is 4.79 Å². The lowest BCUT2D eigenvalue weighted by atomic mass is 10.1. The molecule has 5 nitrogen and oxygen atoms in total. The molecule has 0 radical (unpaired) electrons. The van der Waals surface area contributed by atoms with Crippen LogP contribution in [-0.2, 0) is 16.1 Å². The highest BCUT2D eigenvalue weighted by Crippen LogP contribution is 2.28. The zero-order valence-electron chi connectivity index (χ0n) is 13.0. The van der Waals surface area contributed by atoms with Crippen molar-refractivity contribution in [2.75, 3.05) is 0 Å². The molecule has 2 fully saturated rings. The Bertz CT molecular complexity index is 627. The Morgan fingerprint density at radius 3 is 2.14 bits per heavy atom. The van der Waals surface area contributed by atoms with Gasteiger partial charge < -0.3 is 0 Å². The molecule has 4 amide bonds. The summed E-state index contributed by atoms with van der Waals surface area (Å²) >= 11 is 0. The summed E-state index contributed by atoms with van der Waals surface area (Å²) in [6.45, 7) is 4.11. The Labute approximate surface area is 129 Å². The van der Waals surface area contributed by atoms with Crippen molar-refractivity contribution in [3.63, 3.8) is 0 Å². The molecule has 3 rings (SSSR count). The number of carbonyl (C=O) groups excluding carboxylic acids is 3. The summed E-state index contributed by atoms with van der Waals surface area (Å²) < 4.78 is 0. The minimum Gasteiger partial charge on any atom is -0.263 e. The van der Waals surface area contributed by atoms with Crippen LogP contribution in [0.3, 0.4) is 0 Å². The highest BCUT2D eigenvalue weighted by atomic mass is 16.2. The first-order valence-electron chi connectivity index (χ1n) is 7.73. The normalized spacial score (nSPS) is 19.6. The molecule has 1 aromatic rings. The van der Waals surface area contributed by atoms with Crippen LogP contribution < -0.4 is 0 Å². The van der Waals surface area contributed by atoms with Crippen molar-refractivity contribution >= 4 is 17.8 Å². The highest BCUT2D eigenvalue weighted by Gasteiger charge is 2.47. The standard InChI is InChI=1S/C17H20N2O3/c1-11-7-12(2)9-13(8-11)10-18-15(20)16(21)19(17(18)22)14-5-3-4-6-14/h7-9,14H,3-6,10H2,1-2H3. The van der Waals surface area contributed by atoms with Crippen molar-refractivity contribution in [3.05, 3.63) is 34.9 Å². The molecule has 116 valence electrons. The summed E-state index contributed by atoms with van der Waals surface area (Å²) in [5, 5.41) is 0. The topological polar surface area (TPSA) is 57.7 Å². The zero-order valence-corrected chi connectivity index (χ0v) is 13.0. The first-order chi connectivity index (χ1) is 10.5.